The predicted molar refractivity (Wildman–Crippen MR) is 79.0 cm³/mol. The van der Waals surface area contributed by atoms with Crippen LogP contribution in [-0.4, -0.2) is 32.1 Å². The lowest BCUT2D eigenvalue weighted by Gasteiger charge is -2.14. The highest BCUT2D eigenvalue weighted by Crippen LogP contribution is 2.29. The smallest absolute Gasteiger partial charge is 0.154 e. The Morgan fingerprint density at radius 1 is 1.30 bits per heavy atom. The van der Waals surface area contributed by atoms with Gasteiger partial charge in [-0.05, 0) is 37.0 Å². The topological polar surface area (TPSA) is 55.4 Å². The van der Waals surface area contributed by atoms with E-state index in [1.807, 2.05) is 18.2 Å². The van der Waals surface area contributed by atoms with Crippen molar-refractivity contribution in [2.75, 3.05) is 11.5 Å². The van der Waals surface area contributed by atoms with E-state index in [4.69, 9.17) is 16.3 Å². The molecule has 1 unspecified atom stereocenters. The number of hydrogen-bond donors (Lipinski definition) is 1. The third kappa shape index (κ3) is 3.65. The van der Waals surface area contributed by atoms with Crippen molar-refractivity contribution in [3.05, 3.63) is 28.8 Å². The molecule has 3 rings (SSSR count). The molecule has 4 nitrogen and oxygen atoms in total. The van der Waals surface area contributed by atoms with Gasteiger partial charge in [0.25, 0.3) is 0 Å². The van der Waals surface area contributed by atoms with Crippen molar-refractivity contribution < 1.29 is 13.2 Å². The average molecular weight is 316 g/mol. The molecule has 1 aliphatic heterocycles. The molecule has 0 spiro atoms. The maximum absolute atomic E-state index is 11.4. The summed E-state index contributed by atoms with van der Waals surface area (Å²) in [6.45, 7) is 0.808. The summed E-state index contributed by atoms with van der Waals surface area (Å²) in [4.78, 5) is 0. The van der Waals surface area contributed by atoms with E-state index in [1.54, 1.807) is 0 Å². The van der Waals surface area contributed by atoms with Gasteiger partial charge in [0.05, 0.1) is 16.5 Å². The van der Waals surface area contributed by atoms with Crippen LogP contribution in [-0.2, 0) is 16.4 Å². The first-order valence-corrected chi connectivity index (χ1v) is 9.11. The first-order chi connectivity index (χ1) is 9.52. The number of rotatable bonds is 5. The van der Waals surface area contributed by atoms with Crippen LogP contribution in [0, 0.1) is 0 Å². The highest BCUT2D eigenvalue weighted by molar-refractivity contribution is 7.91. The highest BCUT2D eigenvalue weighted by atomic mass is 35.5. The molecule has 1 aromatic rings. The fourth-order valence-electron chi connectivity index (χ4n) is 2.33. The van der Waals surface area contributed by atoms with Crippen LogP contribution in [0.1, 0.15) is 24.8 Å². The molecule has 110 valence electrons. The molecular formula is C14H18ClNO3S. The molecule has 0 amide bonds. The molecule has 1 saturated heterocycles. The summed E-state index contributed by atoms with van der Waals surface area (Å²) in [5.41, 5.74) is 1.12. The number of sulfone groups is 1. The van der Waals surface area contributed by atoms with Crippen LogP contribution in [0.25, 0.3) is 0 Å². The molecule has 1 N–H and O–H groups in total. The second-order valence-electron chi connectivity index (χ2n) is 5.56. The van der Waals surface area contributed by atoms with Crippen LogP contribution in [0.5, 0.6) is 5.75 Å². The molecule has 2 fully saturated rings. The molecule has 0 aromatic heterocycles. The van der Waals surface area contributed by atoms with Gasteiger partial charge in [-0.25, -0.2) is 8.42 Å². The minimum Gasteiger partial charge on any atom is -0.488 e. The molecule has 1 saturated carbocycles. The number of benzene rings is 1. The van der Waals surface area contributed by atoms with Gasteiger partial charge in [0.2, 0.25) is 0 Å². The molecule has 2 aliphatic rings. The van der Waals surface area contributed by atoms with Crippen molar-refractivity contribution in [2.24, 2.45) is 0 Å². The fourth-order valence-corrected chi connectivity index (χ4v) is 4.17. The van der Waals surface area contributed by atoms with E-state index in [-0.39, 0.29) is 17.6 Å². The monoisotopic (exact) mass is 315 g/mol. The Balaban J connectivity index is 1.61. The van der Waals surface area contributed by atoms with E-state index in [1.165, 1.54) is 12.8 Å². The second kappa shape index (κ2) is 5.54. The van der Waals surface area contributed by atoms with Crippen LogP contribution in [0.15, 0.2) is 18.2 Å². The molecule has 0 bridgehead atoms. The zero-order valence-corrected chi connectivity index (χ0v) is 12.7. The van der Waals surface area contributed by atoms with Crippen LogP contribution < -0.4 is 10.1 Å². The van der Waals surface area contributed by atoms with Gasteiger partial charge in [-0.15, -0.1) is 0 Å². The van der Waals surface area contributed by atoms with Crippen molar-refractivity contribution in [3.63, 3.8) is 0 Å². The molecule has 1 atom stereocenters. The highest BCUT2D eigenvalue weighted by Gasteiger charge is 2.29. The van der Waals surface area contributed by atoms with Gasteiger partial charge in [-0.1, -0.05) is 17.7 Å². The lowest BCUT2D eigenvalue weighted by molar-refractivity contribution is 0.229. The van der Waals surface area contributed by atoms with Gasteiger partial charge < -0.3 is 10.1 Å². The summed E-state index contributed by atoms with van der Waals surface area (Å²) in [6.07, 6.45) is 2.78. The van der Waals surface area contributed by atoms with Gasteiger partial charge in [0.1, 0.15) is 11.9 Å². The molecular weight excluding hydrogens is 298 g/mol. The average Bonchev–Trinajstić information content (AvgIpc) is 3.15. The maximum atomic E-state index is 11.4. The standard InChI is InChI=1S/C14H18ClNO3S/c15-13-7-10(8-16-11-2-3-11)1-4-14(13)19-12-5-6-20(17,18)9-12/h1,4,7,11-12,16H,2-3,5-6,8-9H2. The Morgan fingerprint density at radius 3 is 2.70 bits per heavy atom. The maximum Gasteiger partial charge on any atom is 0.154 e. The molecule has 6 heteroatoms. The Kier molecular flexibility index (Phi) is 3.93. The predicted octanol–water partition coefficient (Wildman–Crippen LogP) is 2.16. The Labute approximate surface area is 124 Å². The quantitative estimate of drug-likeness (QED) is 0.904. The number of hydrogen-bond acceptors (Lipinski definition) is 4. The molecule has 20 heavy (non-hydrogen) atoms. The van der Waals surface area contributed by atoms with E-state index >= 15 is 0 Å². The van der Waals surface area contributed by atoms with Crippen LogP contribution in [0.4, 0.5) is 0 Å². The number of nitrogens with one attached hydrogen (secondary N) is 1. The molecule has 1 aromatic carbocycles. The van der Waals surface area contributed by atoms with Crippen molar-refractivity contribution >= 4 is 21.4 Å². The van der Waals surface area contributed by atoms with Crippen molar-refractivity contribution in [1.29, 1.82) is 0 Å². The minimum absolute atomic E-state index is 0.0916. The van der Waals surface area contributed by atoms with Crippen molar-refractivity contribution in [2.45, 2.75) is 38.0 Å². The van der Waals surface area contributed by atoms with E-state index < -0.39 is 9.84 Å². The Hall–Kier alpha value is -0.780. The zero-order valence-electron chi connectivity index (χ0n) is 11.1. The summed E-state index contributed by atoms with van der Waals surface area (Å²) in [7, 11) is -2.93. The van der Waals surface area contributed by atoms with E-state index in [0.29, 0.717) is 23.2 Å². The number of halogens is 1. The van der Waals surface area contributed by atoms with E-state index in [0.717, 1.165) is 12.1 Å². The largest absolute Gasteiger partial charge is 0.488 e. The Morgan fingerprint density at radius 2 is 2.10 bits per heavy atom. The summed E-state index contributed by atoms with van der Waals surface area (Å²) in [6, 6.07) is 6.35. The van der Waals surface area contributed by atoms with Gasteiger partial charge >= 0.3 is 0 Å². The van der Waals surface area contributed by atoms with Gasteiger partial charge in [0.15, 0.2) is 9.84 Å². The van der Waals surface area contributed by atoms with Crippen LogP contribution >= 0.6 is 11.6 Å². The lowest BCUT2D eigenvalue weighted by atomic mass is 10.2. The zero-order chi connectivity index (χ0) is 14.2. The summed E-state index contributed by atoms with van der Waals surface area (Å²) < 4.78 is 28.5. The summed E-state index contributed by atoms with van der Waals surface area (Å²) >= 11 is 6.21. The van der Waals surface area contributed by atoms with E-state index in [9.17, 15) is 8.42 Å². The summed E-state index contributed by atoms with van der Waals surface area (Å²) in [5.74, 6) is 0.872. The first kappa shape index (κ1) is 14.2. The normalized spacial score (nSPS) is 24.8. The van der Waals surface area contributed by atoms with Gasteiger partial charge in [-0.2, -0.15) is 0 Å². The lowest BCUT2D eigenvalue weighted by Crippen LogP contribution is -2.18. The first-order valence-electron chi connectivity index (χ1n) is 6.91. The third-order valence-electron chi connectivity index (χ3n) is 3.65. The van der Waals surface area contributed by atoms with Crippen molar-refractivity contribution in [3.8, 4) is 5.75 Å². The third-order valence-corrected chi connectivity index (χ3v) is 5.69. The van der Waals surface area contributed by atoms with Gasteiger partial charge in [-0.3, -0.25) is 0 Å². The second-order valence-corrected chi connectivity index (χ2v) is 8.20. The fraction of sp³-hybridized carbons (Fsp3) is 0.571. The SMILES string of the molecule is O=S1(=O)CCC(Oc2ccc(CNC3CC3)cc2Cl)C1. The van der Waals surface area contributed by atoms with Crippen molar-refractivity contribution in [1.82, 2.24) is 5.32 Å². The molecule has 0 radical (unpaired) electrons. The van der Waals surface area contributed by atoms with E-state index in [2.05, 4.69) is 5.32 Å². The molecule has 1 aliphatic carbocycles. The van der Waals surface area contributed by atoms with Crippen LogP contribution in [0.2, 0.25) is 5.02 Å². The number of ether oxygens (including phenoxy) is 1. The Bertz CT molecular complexity index is 598. The minimum atomic E-state index is -2.93. The van der Waals surface area contributed by atoms with Gasteiger partial charge in [0, 0.05) is 12.6 Å². The molecule has 1 heterocycles. The van der Waals surface area contributed by atoms with Crippen LogP contribution in [0.3, 0.4) is 0 Å². The summed E-state index contributed by atoms with van der Waals surface area (Å²) in [5, 5.41) is 3.97.